The van der Waals surface area contributed by atoms with Crippen molar-refractivity contribution in [3.05, 3.63) is 0 Å². The summed E-state index contributed by atoms with van der Waals surface area (Å²) in [5.41, 5.74) is 0. The van der Waals surface area contributed by atoms with Crippen molar-refractivity contribution < 1.29 is 9.47 Å². The molecule has 0 aliphatic carbocycles. The van der Waals surface area contributed by atoms with E-state index in [-0.39, 0.29) is 0 Å². The Morgan fingerprint density at radius 2 is 2.18 bits per heavy atom. The van der Waals surface area contributed by atoms with Crippen molar-refractivity contribution in [2.24, 2.45) is 0 Å². The maximum absolute atomic E-state index is 5.67. The minimum absolute atomic E-state index is 0.439. The molecule has 0 aromatic heterocycles. The lowest BCUT2D eigenvalue weighted by molar-refractivity contribution is 0.0844. The fourth-order valence-corrected chi connectivity index (χ4v) is 3.71. The fourth-order valence-electron chi connectivity index (χ4n) is 2.56. The van der Waals surface area contributed by atoms with E-state index in [4.69, 9.17) is 9.47 Å². The summed E-state index contributed by atoms with van der Waals surface area (Å²) in [5.74, 6) is 1.18. The summed E-state index contributed by atoms with van der Waals surface area (Å²) in [6.07, 6.45) is 4.54. The van der Waals surface area contributed by atoms with Crippen LogP contribution >= 0.6 is 11.8 Å². The molecule has 2 saturated heterocycles. The van der Waals surface area contributed by atoms with E-state index in [1.807, 2.05) is 11.8 Å². The van der Waals surface area contributed by atoms with Crippen LogP contribution in [0.25, 0.3) is 0 Å². The number of ether oxygens (including phenoxy) is 2. The summed E-state index contributed by atoms with van der Waals surface area (Å²) in [6, 6.07) is 0.496. The second-order valence-corrected chi connectivity index (χ2v) is 6.42. The predicted octanol–water partition coefficient (Wildman–Crippen LogP) is 2.05. The van der Waals surface area contributed by atoms with Crippen molar-refractivity contribution in [2.75, 3.05) is 25.5 Å². The molecule has 100 valence electrons. The molecule has 0 saturated carbocycles. The lowest BCUT2D eigenvalue weighted by atomic mass is 10.1. The van der Waals surface area contributed by atoms with Crippen molar-refractivity contribution in [3.63, 3.8) is 0 Å². The van der Waals surface area contributed by atoms with Crippen LogP contribution in [0.3, 0.4) is 0 Å². The molecule has 0 aromatic rings. The number of nitrogens with one attached hydrogen (secondary N) is 1. The molecular formula is C13H25NO2S. The summed E-state index contributed by atoms with van der Waals surface area (Å²) in [5, 5.41) is 4.28. The Balaban J connectivity index is 1.53. The van der Waals surface area contributed by atoms with Gasteiger partial charge in [-0.25, -0.2) is 0 Å². The minimum atomic E-state index is 0.439. The van der Waals surface area contributed by atoms with E-state index in [1.165, 1.54) is 25.0 Å². The normalized spacial score (nSPS) is 35.3. The van der Waals surface area contributed by atoms with Crippen LogP contribution in [0.15, 0.2) is 0 Å². The van der Waals surface area contributed by atoms with Crippen molar-refractivity contribution in [2.45, 2.75) is 56.6 Å². The Bertz CT molecular complexity index is 221. The highest BCUT2D eigenvalue weighted by atomic mass is 32.2. The molecule has 3 nitrogen and oxygen atoms in total. The summed E-state index contributed by atoms with van der Waals surface area (Å²) < 4.78 is 11.2. The fraction of sp³-hybridized carbons (Fsp3) is 1.00. The first-order chi connectivity index (χ1) is 8.27. The van der Waals surface area contributed by atoms with Gasteiger partial charge in [0.05, 0.1) is 12.2 Å². The molecule has 0 amide bonds. The first kappa shape index (κ1) is 13.7. The van der Waals surface area contributed by atoms with E-state index in [0.717, 1.165) is 19.8 Å². The van der Waals surface area contributed by atoms with Gasteiger partial charge >= 0.3 is 0 Å². The zero-order valence-corrected chi connectivity index (χ0v) is 11.8. The molecule has 0 aromatic carbocycles. The molecule has 0 bridgehead atoms. The standard InChI is InChI=1S/C13H25NO2S/c1-10(12-4-3-7-16-12)14-6-9-17-13-5-8-15-11(13)2/h10-14H,3-9H2,1-2H3. The Morgan fingerprint density at radius 3 is 2.82 bits per heavy atom. The molecule has 2 rings (SSSR count). The lowest BCUT2D eigenvalue weighted by Gasteiger charge is -2.20. The predicted molar refractivity (Wildman–Crippen MR) is 72.7 cm³/mol. The van der Waals surface area contributed by atoms with E-state index >= 15 is 0 Å². The molecule has 2 fully saturated rings. The molecule has 0 radical (unpaired) electrons. The molecular weight excluding hydrogens is 234 g/mol. The zero-order valence-electron chi connectivity index (χ0n) is 11.0. The molecule has 1 N–H and O–H groups in total. The highest BCUT2D eigenvalue weighted by Gasteiger charge is 2.25. The quantitative estimate of drug-likeness (QED) is 0.740. The van der Waals surface area contributed by atoms with Gasteiger partial charge in [-0.05, 0) is 33.1 Å². The number of rotatable bonds is 6. The monoisotopic (exact) mass is 259 g/mol. The van der Waals surface area contributed by atoms with Gasteiger partial charge in [0.1, 0.15) is 0 Å². The van der Waals surface area contributed by atoms with Gasteiger partial charge in [0.25, 0.3) is 0 Å². The smallest absolute Gasteiger partial charge is 0.0726 e. The van der Waals surface area contributed by atoms with Crippen LogP contribution in [0.4, 0.5) is 0 Å². The van der Waals surface area contributed by atoms with Crippen LogP contribution in [-0.4, -0.2) is 49.0 Å². The number of hydrogen-bond donors (Lipinski definition) is 1. The Hall–Kier alpha value is 0.230. The molecule has 2 aliphatic heterocycles. The first-order valence-electron chi connectivity index (χ1n) is 6.85. The van der Waals surface area contributed by atoms with E-state index < -0.39 is 0 Å². The summed E-state index contributed by atoms with van der Waals surface area (Å²) >= 11 is 2.05. The molecule has 4 heteroatoms. The third-order valence-electron chi connectivity index (χ3n) is 3.73. The van der Waals surface area contributed by atoms with Crippen molar-refractivity contribution in [1.82, 2.24) is 5.32 Å². The first-order valence-corrected chi connectivity index (χ1v) is 7.90. The van der Waals surface area contributed by atoms with Crippen molar-refractivity contribution in [3.8, 4) is 0 Å². The van der Waals surface area contributed by atoms with Gasteiger partial charge in [-0.3, -0.25) is 0 Å². The topological polar surface area (TPSA) is 30.5 Å². The molecule has 4 atom stereocenters. The summed E-state index contributed by atoms with van der Waals surface area (Å²) in [7, 11) is 0. The van der Waals surface area contributed by atoms with E-state index in [0.29, 0.717) is 23.5 Å². The van der Waals surface area contributed by atoms with Crippen LogP contribution < -0.4 is 5.32 Å². The van der Waals surface area contributed by atoms with Gasteiger partial charge in [-0.2, -0.15) is 11.8 Å². The van der Waals surface area contributed by atoms with Crippen molar-refractivity contribution >= 4 is 11.8 Å². The van der Waals surface area contributed by atoms with Gasteiger partial charge in [-0.1, -0.05) is 0 Å². The second kappa shape index (κ2) is 6.98. The summed E-state index contributed by atoms with van der Waals surface area (Å²) in [4.78, 5) is 0. The van der Waals surface area contributed by atoms with E-state index in [9.17, 15) is 0 Å². The van der Waals surface area contributed by atoms with Gasteiger partial charge < -0.3 is 14.8 Å². The number of hydrogen-bond acceptors (Lipinski definition) is 4. The minimum Gasteiger partial charge on any atom is -0.377 e. The molecule has 0 spiro atoms. The summed E-state index contributed by atoms with van der Waals surface area (Å²) in [6.45, 7) is 7.39. The zero-order chi connectivity index (χ0) is 12.1. The average molecular weight is 259 g/mol. The van der Waals surface area contributed by atoms with Gasteiger partial charge in [-0.15, -0.1) is 0 Å². The number of thioether (sulfide) groups is 1. The SMILES string of the molecule is CC(NCCSC1CCOC1C)C1CCCO1. The Kier molecular flexibility index (Phi) is 5.60. The molecule has 2 aliphatic rings. The van der Waals surface area contributed by atoms with Gasteiger partial charge in [0.15, 0.2) is 0 Å². The van der Waals surface area contributed by atoms with E-state index in [1.54, 1.807) is 0 Å². The third kappa shape index (κ3) is 4.12. The van der Waals surface area contributed by atoms with Gasteiger partial charge in [0, 0.05) is 36.8 Å². The van der Waals surface area contributed by atoms with Crippen LogP contribution in [0.5, 0.6) is 0 Å². The Morgan fingerprint density at radius 1 is 1.29 bits per heavy atom. The Labute approximate surface area is 109 Å². The average Bonchev–Trinajstić information content (AvgIpc) is 2.96. The van der Waals surface area contributed by atoms with E-state index in [2.05, 4.69) is 19.2 Å². The molecule has 17 heavy (non-hydrogen) atoms. The maximum Gasteiger partial charge on any atom is 0.0726 e. The third-order valence-corrected chi connectivity index (χ3v) is 5.22. The molecule has 2 heterocycles. The van der Waals surface area contributed by atoms with Crippen LogP contribution in [0.2, 0.25) is 0 Å². The van der Waals surface area contributed by atoms with Crippen molar-refractivity contribution in [1.29, 1.82) is 0 Å². The second-order valence-electron chi connectivity index (χ2n) is 5.07. The van der Waals surface area contributed by atoms with Crippen LogP contribution in [0, 0.1) is 0 Å². The van der Waals surface area contributed by atoms with Gasteiger partial charge in [0.2, 0.25) is 0 Å². The highest BCUT2D eigenvalue weighted by Crippen LogP contribution is 2.25. The van der Waals surface area contributed by atoms with Crippen LogP contribution in [-0.2, 0) is 9.47 Å². The largest absolute Gasteiger partial charge is 0.377 e. The maximum atomic E-state index is 5.67. The molecule has 4 unspecified atom stereocenters. The highest BCUT2D eigenvalue weighted by molar-refractivity contribution is 8.00. The van der Waals surface area contributed by atoms with Crippen LogP contribution in [0.1, 0.15) is 33.1 Å². The lowest BCUT2D eigenvalue weighted by Crippen LogP contribution is -2.38.